The molecule has 0 fully saturated rings. The van der Waals surface area contributed by atoms with Crippen LogP contribution in [0.15, 0.2) is 0 Å². The summed E-state index contributed by atoms with van der Waals surface area (Å²) in [5, 5.41) is 3.33. The van der Waals surface area contributed by atoms with E-state index >= 15 is 0 Å². The van der Waals surface area contributed by atoms with Gasteiger partial charge >= 0.3 is 0 Å². The summed E-state index contributed by atoms with van der Waals surface area (Å²) in [5.74, 6) is 0. The number of alkyl halides is 1. The lowest BCUT2D eigenvalue weighted by Gasteiger charge is -2.07. The van der Waals surface area contributed by atoms with Gasteiger partial charge in [-0.05, 0) is 26.3 Å². The van der Waals surface area contributed by atoms with E-state index in [1.807, 2.05) is 6.92 Å². The molecule has 0 amide bonds. The van der Waals surface area contributed by atoms with Gasteiger partial charge in [0.05, 0.1) is 6.61 Å². The van der Waals surface area contributed by atoms with E-state index in [0.29, 0.717) is 4.83 Å². The highest BCUT2D eigenvalue weighted by atomic mass is 79.9. The van der Waals surface area contributed by atoms with Crippen LogP contribution in [0.4, 0.5) is 0 Å². The first-order valence-corrected chi connectivity index (χ1v) is 5.65. The van der Waals surface area contributed by atoms with Gasteiger partial charge in [0, 0.05) is 18.0 Å². The highest BCUT2D eigenvalue weighted by Crippen LogP contribution is 2.07. The Kier molecular flexibility index (Phi) is 9.80. The molecule has 0 rings (SSSR count). The maximum Gasteiger partial charge on any atom is 0.0590 e. The minimum absolute atomic E-state index is 0.664. The Morgan fingerprint density at radius 3 is 2.67 bits per heavy atom. The van der Waals surface area contributed by atoms with Crippen LogP contribution in [0.3, 0.4) is 0 Å². The van der Waals surface area contributed by atoms with Crippen LogP contribution >= 0.6 is 15.9 Å². The van der Waals surface area contributed by atoms with Gasteiger partial charge < -0.3 is 10.1 Å². The molecular formula is C9H20BrNO. The summed E-state index contributed by atoms with van der Waals surface area (Å²) in [4.78, 5) is 0.664. The van der Waals surface area contributed by atoms with Crippen LogP contribution < -0.4 is 5.32 Å². The van der Waals surface area contributed by atoms with Crippen molar-refractivity contribution in [2.45, 2.75) is 31.5 Å². The molecule has 0 spiro atoms. The molecule has 0 aromatic carbocycles. The van der Waals surface area contributed by atoms with Gasteiger partial charge in [-0.2, -0.15) is 0 Å². The molecule has 3 heteroatoms. The topological polar surface area (TPSA) is 21.3 Å². The Balaban J connectivity index is 2.90. The first-order chi connectivity index (χ1) is 5.81. The van der Waals surface area contributed by atoms with E-state index in [0.717, 1.165) is 26.3 Å². The fourth-order valence-corrected chi connectivity index (χ4v) is 1.11. The maximum atomic E-state index is 5.19. The number of hydrogen-bond acceptors (Lipinski definition) is 2. The monoisotopic (exact) mass is 237 g/mol. The standard InChI is InChI=1S/C9H20BrNO/c1-3-9(10)5-6-11-7-8-12-4-2/h9,11H,3-8H2,1-2H3. The first kappa shape index (κ1) is 12.4. The fraction of sp³-hybridized carbons (Fsp3) is 1.00. The molecule has 1 N–H and O–H groups in total. The van der Waals surface area contributed by atoms with Crippen LogP contribution in [0.5, 0.6) is 0 Å². The summed E-state index contributed by atoms with van der Waals surface area (Å²) >= 11 is 3.59. The maximum absolute atomic E-state index is 5.19. The van der Waals surface area contributed by atoms with E-state index in [-0.39, 0.29) is 0 Å². The van der Waals surface area contributed by atoms with E-state index in [2.05, 4.69) is 28.2 Å². The molecule has 2 nitrogen and oxygen atoms in total. The summed E-state index contributed by atoms with van der Waals surface area (Å²) in [5.41, 5.74) is 0. The van der Waals surface area contributed by atoms with E-state index < -0.39 is 0 Å². The van der Waals surface area contributed by atoms with E-state index in [4.69, 9.17) is 4.74 Å². The van der Waals surface area contributed by atoms with Crippen molar-refractivity contribution < 1.29 is 4.74 Å². The van der Waals surface area contributed by atoms with Crippen LogP contribution in [-0.4, -0.2) is 31.1 Å². The molecular weight excluding hydrogens is 218 g/mol. The molecule has 0 heterocycles. The zero-order valence-corrected chi connectivity index (χ0v) is 9.69. The minimum Gasteiger partial charge on any atom is -0.380 e. The van der Waals surface area contributed by atoms with Gasteiger partial charge in [0.2, 0.25) is 0 Å². The van der Waals surface area contributed by atoms with Crippen LogP contribution in [-0.2, 0) is 4.74 Å². The van der Waals surface area contributed by atoms with Crippen molar-refractivity contribution in [3.8, 4) is 0 Å². The van der Waals surface area contributed by atoms with Crippen molar-refractivity contribution >= 4 is 15.9 Å². The number of nitrogens with one attached hydrogen (secondary N) is 1. The van der Waals surface area contributed by atoms with Crippen molar-refractivity contribution in [2.24, 2.45) is 0 Å². The third-order valence-corrected chi connectivity index (χ3v) is 2.81. The highest BCUT2D eigenvalue weighted by molar-refractivity contribution is 9.09. The van der Waals surface area contributed by atoms with E-state index in [1.54, 1.807) is 0 Å². The summed E-state index contributed by atoms with van der Waals surface area (Å²) in [6.07, 6.45) is 2.40. The second kappa shape index (κ2) is 9.49. The molecule has 0 aliphatic heterocycles. The molecule has 1 atom stereocenters. The zero-order valence-electron chi connectivity index (χ0n) is 8.11. The average Bonchev–Trinajstić information content (AvgIpc) is 2.10. The van der Waals surface area contributed by atoms with E-state index in [1.165, 1.54) is 12.8 Å². The Morgan fingerprint density at radius 2 is 2.08 bits per heavy atom. The number of rotatable bonds is 8. The largest absolute Gasteiger partial charge is 0.380 e. The molecule has 0 bridgehead atoms. The molecule has 0 aliphatic carbocycles. The summed E-state index contributed by atoms with van der Waals surface area (Å²) in [6.45, 7) is 7.91. The number of ether oxygens (including phenoxy) is 1. The lowest BCUT2D eigenvalue weighted by Crippen LogP contribution is -2.22. The SMILES string of the molecule is CCOCCNCCC(Br)CC. The lowest BCUT2D eigenvalue weighted by molar-refractivity contribution is 0.149. The minimum atomic E-state index is 0.664. The zero-order chi connectivity index (χ0) is 9.23. The van der Waals surface area contributed by atoms with Crippen molar-refractivity contribution in [3.05, 3.63) is 0 Å². The molecule has 0 aliphatic rings. The average molecular weight is 238 g/mol. The Hall–Kier alpha value is 0.400. The highest BCUT2D eigenvalue weighted by Gasteiger charge is 1.98. The van der Waals surface area contributed by atoms with Crippen molar-refractivity contribution in [2.75, 3.05) is 26.3 Å². The van der Waals surface area contributed by atoms with Crippen LogP contribution in [0.25, 0.3) is 0 Å². The first-order valence-electron chi connectivity index (χ1n) is 4.73. The van der Waals surface area contributed by atoms with Gasteiger partial charge in [0.15, 0.2) is 0 Å². The Morgan fingerprint density at radius 1 is 1.33 bits per heavy atom. The van der Waals surface area contributed by atoms with Gasteiger partial charge in [-0.3, -0.25) is 0 Å². The van der Waals surface area contributed by atoms with Crippen LogP contribution in [0.2, 0.25) is 0 Å². The molecule has 1 unspecified atom stereocenters. The van der Waals surface area contributed by atoms with Crippen LogP contribution in [0.1, 0.15) is 26.7 Å². The molecule has 0 saturated heterocycles. The normalized spacial score (nSPS) is 13.2. The molecule has 74 valence electrons. The van der Waals surface area contributed by atoms with Crippen molar-refractivity contribution in [1.29, 1.82) is 0 Å². The van der Waals surface area contributed by atoms with E-state index in [9.17, 15) is 0 Å². The second-order valence-electron chi connectivity index (χ2n) is 2.74. The Bertz CT molecular complexity index is 90.6. The summed E-state index contributed by atoms with van der Waals surface area (Å²) in [7, 11) is 0. The summed E-state index contributed by atoms with van der Waals surface area (Å²) in [6, 6.07) is 0. The second-order valence-corrected chi connectivity index (χ2v) is 4.04. The molecule has 0 aromatic rings. The molecule has 12 heavy (non-hydrogen) atoms. The van der Waals surface area contributed by atoms with Gasteiger partial charge in [-0.15, -0.1) is 0 Å². The van der Waals surface area contributed by atoms with Gasteiger partial charge in [0.1, 0.15) is 0 Å². The lowest BCUT2D eigenvalue weighted by atomic mass is 10.2. The number of hydrogen-bond donors (Lipinski definition) is 1. The predicted molar refractivity (Wildman–Crippen MR) is 57.0 cm³/mol. The third kappa shape index (κ3) is 8.50. The fourth-order valence-electron chi connectivity index (χ4n) is 0.876. The van der Waals surface area contributed by atoms with Crippen molar-refractivity contribution in [3.63, 3.8) is 0 Å². The molecule has 0 radical (unpaired) electrons. The molecule has 0 saturated carbocycles. The predicted octanol–water partition coefficient (Wildman–Crippen LogP) is 2.18. The molecule has 0 aromatic heterocycles. The van der Waals surface area contributed by atoms with Crippen LogP contribution in [0, 0.1) is 0 Å². The van der Waals surface area contributed by atoms with Gasteiger partial charge in [-0.25, -0.2) is 0 Å². The van der Waals surface area contributed by atoms with Gasteiger partial charge in [0.25, 0.3) is 0 Å². The smallest absolute Gasteiger partial charge is 0.0590 e. The Labute approximate surface area is 84.2 Å². The van der Waals surface area contributed by atoms with Crippen molar-refractivity contribution in [1.82, 2.24) is 5.32 Å². The quantitative estimate of drug-likeness (QED) is 0.517. The van der Waals surface area contributed by atoms with Gasteiger partial charge in [-0.1, -0.05) is 22.9 Å². The number of halogens is 1. The summed E-state index contributed by atoms with van der Waals surface area (Å²) < 4.78 is 5.19. The third-order valence-electron chi connectivity index (χ3n) is 1.70.